The molecule has 0 radical (unpaired) electrons. The Labute approximate surface area is 89.5 Å². The zero-order chi connectivity index (χ0) is 10.9. The smallest absolute Gasteiger partial charge is 0.225 e. The van der Waals surface area contributed by atoms with Gasteiger partial charge in [0.1, 0.15) is 0 Å². The SMILES string of the molecule is NC(=O)C1(C(N)c2ccccc2)CCC1. The molecule has 1 fully saturated rings. The predicted octanol–water partition coefficient (Wildman–Crippen LogP) is 1.34. The molecule has 4 N–H and O–H groups in total. The van der Waals surface area contributed by atoms with Gasteiger partial charge in [0.25, 0.3) is 0 Å². The number of rotatable bonds is 3. The number of carbonyl (C=O) groups is 1. The maximum Gasteiger partial charge on any atom is 0.225 e. The third-order valence-corrected chi connectivity index (χ3v) is 3.49. The van der Waals surface area contributed by atoms with Crippen LogP contribution < -0.4 is 11.5 Å². The Kier molecular flexibility index (Phi) is 2.49. The predicted molar refractivity (Wildman–Crippen MR) is 58.8 cm³/mol. The number of primary amides is 1. The molecular weight excluding hydrogens is 188 g/mol. The van der Waals surface area contributed by atoms with E-state index in [4.69, 9.17) is 11.5 Å². The first-order valence-electron chi connectivity index (χ1n) is 5.27. The first kappa shape index (κ1) is 10.2. The van der Waals surface area contributed by atoms with Crippen molar-refractivity contribution in [1.29, 1.82) is 0 Å². The summed E-state index contributed by atoms with van der Waals surface area (Å²) in [6.45, 7) is 0. The van der Waals surface area contributed by atoms with Crippen LogP contribution >= 0.6 is 0 Å². The van der Waals surface area contributed by atoms with Gasteiger partial charge in [-0.15, -0.1) is 0 Å². The second-order valence-corrected chi connectivity index (χ2v) is 4.26. The molecule has 2 rings (SSSR count). The molecule has 1 aliphatic carbocycles. The lowest BCUT2D eigenvalue weighted by molar-refractivity contribution is -0.134. The highest BCUT2D eigenvalue weighted by Crippen LogP contribution is 2.48. The average Bonchev–Trinajstić information content (AvgIpc) is 2.16. The minimum Gasteiger partial charge on any atom is -0.369 e. The first-order chi connectivity index (χ1) is 7.17. The van der Waals surface area contributed by atoms with Gasteiger partial charge in [-0.05, 0) is 18.4 Å². The maximum atomic E-state index is 11.5. The highest BCUT2D eigenvalue weighted by atomic mass is 16.1. The van der Waals surface area contributed by atoms with E-state index in [0.29, 0.717) is 0 Å². The monoisotopic (exact) mass is 204 g/mol. The highest BCUT2D eigenvalue weighted by molar-refractivity contribution is 5.82. The van der Waals surface area contributed by atoms with Crippen molar-refractivity contribution >= 4 is 5.91 Å². The minimum atomic E-state index is -0.499. The molecule has 0 bridgehead atoms. The summed E-state index contributed by atoms with van der Waals surface area (Å²) < 4.78 is 0. The molecule has 0 saturated heterocycles. The van der Waals surface area contributed by atoms with Crippen LogP contribution in [0.15, 0.2) is 30.3 Å². The van der Waals surface area contributed by atoms with Crippen LogP contribution in [0.1, 0.15) is 30.9 Å². The fraction of sp³-hybridized carbons (Fsp3) is 0.417. The Morgan fingerprint density at radius 3 is 2.27 bits per heavy atom. The zero-order valence-corrected chi connectivity index (χ0v) is 8.65. The molecule has 0 heterocycles. The third kappa shape index (κ3) is 1.53. The van der Waals surface area contributed by atoms with Crippen LogP contribution in [0, 0.1) is 5.41 Å². The van der Waals surface area contributed by atoms with Crippen molar-refractivity contribution in [3.63, 3.8) is 0 Å². The largest absolute Gasteiger partial charge is 0.369 e. The second kappa shape index (κ2) is 3.66. The van der Waals surface area contributed by atoms with Gasteiger partial charge in [-0.2, -0.15) is 0 Å². The number of amides is 1. The molecule has 0 aromatic heterocycles. The van der Waals surface area contributed by atoms with Crippen LogP contribution in [0.25, 0.3) is 0 Å². The molecule has 0 spiro atoms. The lowest BCUT2D eigenvalue weighted by Gasteiger charge is -2.43. The van der Waals surface area contributed by atoms with Crippen LogP contribution in [0.4, 0.5) is 0 Å². The number of benzene rings is 1. The van der Waals surface area contributed by atoms with Crippen molar-refractivity contribution in [3.05, 3.63) is 35.9 Å². The van der Waals surface area contributed by atoms with Crippen molar-refractivity contribution in [2.24, 2.45) is 16.9 Å². The van der Waals surface area contributed by atoms with Gasteiger partial charge in [0.2, 0.25) is 5.91 Å². The highest BCUT2D eigenvalue weighted by Gasteiger charge is 2.48. The van der Waals surface area contributed by atoms with Crippen LogP contribution in [0.5, 0.6) is 0 Å². The summed E-state index contributed by atoms with van der Waals surface area (Å²) in [5.41, 5.74) is 12.1. The molecule has 1 amide bonds. The van der Waals surface area contributed by atoms with Crippen molar-refractivity contribution in [3.8, 4) is 0 Å². The minimum absolute atomic E-state index is 0.259. The Morgan fingerprint density at radius 1 is 1.27 bits per heavy atom. The van der Waals surface area contributed by atoms with Crippen molar-refractivity contribution in [2.75, 3.05) is 0 Å². The lowest BCUT2D eigenvalue weighted by Crippen LogP contribution is -2.50. The molecule has 1 aliphatic rings. The van der Waals surface area contributed by atoms with E-state index in [9.17, 15) is 4.79 Å². The molecule has 1 saturated carbocycles. The van der Waals surface area contributed by atoms with Gasteiger partial charge in [-0.1, -0.05) is 36.8 Å². The Morgan fingerprint density at radius 2 is 1.87 bits per heavy atom. The Bertz CT molecular complexity index is 357. The van der Waals surface area contributed by atoms with Crippen molar-refractivity contribution in [2.45, 2.75) is 25.3 Å². The number of nitrogens with two attached hydrogens (primary N) is 2. The average molecular weight is 204 g/mol. The standard InChI is InChI=1S/C12H16N2O/c13-10(9-5-2-1-3-6-9)12(11(14)15)7-4-8-12/h1-3,5-6,10H,4,7-8,13H2,(H2,14,15). The van der Waals surface area contributed by atoms with Crippen LogP contribution in [0.3, 0.4) is 0 Å². The van der Waals surface area contributed by atoms with Crippen LogP contribution in [0.2, 0.25) is 0 Å². The van der Waals surface area contributed by atoms with Gasteiger partial charge in [0, 0.05) is 6.04 Å². The summed E-state index contributed by atoms with van der Waals surface area (Å²) in [5, 5.41) is 0. The van der Waals surface area contributed by atoms with E-state index in [1.165, 1.54) is 0 Å². The van der Waals surface area contributed by atoms with Crippen LogP contribution in [-0.2, 0) is 4.79 Å². The summed E-state index contributed by atoms with van der Waals surface area (Å²) in [6.07, 6.45) is 2.68. The summed E-state index contributed by atoms with van der Waals surface area (Å²) in [4.78, 5) is 11.5. The van der Waals surface area contributed by atoms with Gasteiger partial charge in [-0.3, -0.25) is 4.79 Å². The molecule has 3 heteroatoms. The normalized spacial score (nSPS) is 20.3. The Balaban J connectivity index is 2.27. The lowest BCUT2D eigenvalue weighted by atomic mass is 9.62. The van der Waals surface area contributed by atoms with Gasteiger partial charge in [-0.25, -0.2) is 0 Å². The molecule has 1 atom stereocenters. The van der Waals surface area contributed by atoms with E-state index >= 15 is 0 Å². The topological polar surface area (TPSA) is 69.1 Å². The molecule has 3 nitrogen and oxygen atoms in total. The van der Waals surface area contributed by atoms with Crippen molar-refractivity contribution in [1.82, 2.24) is 0 Å². The van der Waals surface area contributed by atoms with Crippen LogP contribution in [-0.4, -0.2) is 5.91 Å². The maximum absolute atomic E-state index is 11.5. The Hall–Kier alpha value is -1.35. The number of hydrogen-bond donors (Lipinski definition) is 2. The second-order valence-electron chi connectivity index (χ2n) is 4.26. The van der Waals surface area contributed by atoms with E-state index in [2.05, 4.69) is 0 Å². The van der Waals surface area contributed by atoms with Crippen molar-refractivity contribution < 1.29 is 4.79 Å². The summed E-state index contributed by atoms with van der Waals surface area (Å²) in [5.74, 6) is -0.259. The van der Waals surface area contributed by atoms with E-state index in [1.807, 2.05) is 30.3 Å². The summed E-state index contributed by atoms with van der Waals surface area (Å²) >= 11 is 0. The third-order valence-electron chi connectivity index (χ3n) is 3.49. The molecule has 1 aromatic rings. The van der Waals surface area contributed by atoms with E-state index in [-0.39, 0.29) is 11.9 Å². The fourth-order valence-electron chi connectivity index (χ4n) is 2.25. The fourth-order valence-corrected chi connectivity index (χ4v) is 2.25. The van der Waals surface area contributed by atoms with E-state index < -0.39 is 5.41 Å². The van der Waals surface area contributed by atoms with E-state index in [1.54, 1.807) is 0 Å². The molecule has 0 aliphatic heterocycles. The molecule has 1 aromatic carbocycles. The summed E-state index contributed by atoms with van der Waals surface area (Å²) in [7, 11) is 0. The quantitative estimate of drug-likeness (QED) is 0.780. The van der Waals surface area contributed by atoms with Gasteiger partial charge >= 0.3 is 0 Å². The number of hydrogen-bond acceptors (Lipinski definition) is 2. The molecular formula is C12H16N2O. The van der Waals surface area contributed by atoms with Gasteiger partial charge in [0.15, 0.2) is 0 Å². The zero-order valence-electron chi connectivity index (χ0n) is 8.65. The molecule has 15 heavy (non-hydrogen) atoms. The van der Waals surface area contributed by atoms with E-state index in [0.717, 1.165) is 24.8 Å². The van der Waals surface area contributed by atoms with Gasteiger partial charge < -0.3 is 11.5 Å². The first-order valence-corrected chi connectivity index (χ1v) is 5.27. The summed E-state index contributed by atoms with van der Waals surface area (Å²) in [6, 6.07) is 9.45. The molecule has 80 valence electrons. The molecule has 1 unspecified atom stereocenters. The van der Waals surface area contributed by atoms with Gasteiger partial charge in [0.05, 0.1) is 5.41 Å². The number of carbonyl (C=O) groups excluding carboxylic acids is 1.